The van der Waals surface area contributed by atoms with E-state index in [1.165, 1.54) is 12.1 Å². The summed E-state index contributed by atoms with van der Waals surface area (Å²) in [7, 11) is 0. The molecule has 0 bridgehead atoms. The smallest absolute Gasteiger partial charge is 0.311 e. The second-order valence-corrected chi connectivity index (χ2v) is 5.77. The van der Waals surface area contributed by atoms with Gasteiger partial charge in [0.1, 0.15) is 17.3 Å². The topological polar surface area (TPSA) is 49.8 Å². The monoisotopic (exact) mass is 327 g/mol. The van der Waals surface area contributed by atoms with E-state index in [4.69, 9.17) is 9.84 Å². The first-order chi connectivity index (χ1) is 11.6. The van der Waals surface area contributed by atoms with E-state index in [1.807, 2.05) is 30.3 Å². The van der Waals surface area contributed by atoms with Crippen molar-refractivity contribution in [3.63, 3.8) is 0 Å². The highest BCUT2D eigenvalue weighted by molar-refractivity contribution is 5.72. The molecule has 4 nitrogen and oxygen atoms in total. The van der Waals surface area contributed by atoms with Gasteiger partial charge in [-0.3, -0.25) is 9.69 Å². The van der Waals surface area contributed by atoms with Crippen LogP contribution in [0.2, 0.25) is 0 Å². The van der Waals surface area contributed by atoms with Crippen molar-refractivity contribution in [2.75, 3.05) is 13.1 Å². The van der Waals surface area contributed by atoms with E-state index >= 15 is 0 Å². The molecule has 1 aliphatic rings. The third-order valence-electron chi connectivity index (χ3n) is 3.86. The van der Waals surface area contributed by atoms with Crippen molar-refractivity contribution in [2.45, 2.75) is 6.54 Å². The zero-order valence-corrected chi connectivity index (χ0v) is 13.1. The van der Waals surface area contributed by atoms with E-state index in [-0.39, 0.29) is 5.82 Å². The van der Waals surface area contributed by atoms with Gasteiger partial charge in [-0.05, 0) is 42.0 Å². The first-order valence-corrected chi connectivity index (χ1v) is 7.74. The van der Waals surface area contributed by atoms with Crippen molar-refractivity contribution in [2.24, 2.45) is 5.92 Å². The van der Waals surface area contributed by atoms with Gasteiger partial charge in [0.2, 0.25) is 0 Å². The highest BCUT2D eigenvalue weighted by atomic mass is 19.1. The lowest BCUT2D eigenvalue weighted by molar-refractivity contribution is -0.140. The van der Waals surface area contributed by atoms with Crippen LogP contribution in [0.1, 0.15) is 5.56 Å². The van der Waals surface area contributed by atoms with Crippen LogP contribution in [0, 0.1) is 11.7 Å². The average molecular weight is 327 g/mol. The summed E-state index contributed by atoms with van der Waals surface area (Å²) in [6.07, 6.45) is 3.63. The van der Waals surface area contributed by atoms with E-state index in [0.717, 1.165) is 12.1 Å². The first-order valence-electron chi connectivity index (χ1n) is 7.74. The summed E-state index contributed by atoms with van der Waals surface area (Å²) in [5.74, 6) is -0.328. The lowest BCUT2D eigenvalue weighted by atomic mass is 10.0. The Morgan fingerprint density at radius 1 is 1.21 bits per heavy atom. The van der Waals surface area contributed by atoms with Gasteiger partial charge in [-0.25, -0.2) is 4.39 Å². The fourth-order valence-corrected chi connectivity index (χ4v) is 2.68. The number of halogens is 1. The molecule has 124 valence electrons. The number of hydrogen-bond acceptors (Lipinski definition) is 3. The minimum Gasteiger partial charge on any atom is -0.481 e. The molecule has 0 spiro atoms. The lowest BCUT2D eigenvalue weighted by Gasteiger charge is -2.26. The molecule has 0 aromatic heterocycles. The molecule has 2 aromatic carbocycles. The number of benzene rings is 2. The molecule has 2 aromatic rings. The summed E-state index contributed by atoms with van der Waals surface area (Å²) in [5.41, 5.74) is 1.04. The van der Waals surface area contributed by atoms with E-state index in [0.29, 0.717) is 24.6 Å². The maximum atomic E-state index is 12.9. The summed E-state index contributed by atoms with van der Waals surface area (Å²) < 4.78 is 18.7. The molecule has 3 rings (SSSR count). The van der Waals surface area contributed by atoms with Crippen LogP contribution in [0.25, 0.3) is 0 Å². The summed E-state index contributed by atoms with van der Waals surface area (Å²) in [6.45, 7) is 1.87. The number of carboxylic acids is 1. The van der Waals surface area contributed by atoms with Crippen LogP contribution in [-0.2, 0) is 11.3 Å². The van der Waals surface area contributed by atoms with Crippen LogP contribution in [-0.4, -0.2) is 29.1 Å². The highest BCUT2D eigenvalue weighted by Gasteiger charge is 2.21. The van der Waals surface area contributed by atoms with Gasteiger partial charge in [0.05, 0.1) is 5.92 Å². The number of ether oxygens (including phenoxy) is 1. The van der Waals surface area contributed by atoms with Crippen LogP contribution >= 0.6 is 0 Å². The molecule has 0 amide bonds. The minimum absolute atomic E-state index is 0.303. The van der Waals surface area contributed by atoms with Gasteiger partial charge in [0.25, 0.3) is 0 Å². The summed E-state index contributed by atoms with van der Waals surface area (Å²) >= 11 is 0. The molecular formula is C19H18FNO3. The lowest BCUT2D eigenvalue weighted by Crippen LogP contribution is -2.35. The third kappa shape index (κ3) is 4.20. The number of rotatable bonds is 5. The molecule has 0 fully saturated rings. The van der Waals surface area contributed by atoms with E-state index in [1.54, 1.807) is 18.2 Å². The fourth-order valence-electron chi connectivity index (χ4n) is 2.68. The maximum absolute atomic E-state index is 12.9. The average Bonchev–Trinajstić information content (AvgIpc) is 2.57. The van der Waals surface area contributed by atoms with Crippen molar-refractivity contribution in [3.05, 3.63) is 72.1 Å². The predicted octanol–water partition coefficient (Wildman–Crippen LogP) is 3.69. The van der Waals surface area contributed by atoms with Crippen molar-refractivity contribution < 1.29 is 19.0 Å². The SMILES string of the molecule is O=C(O)C1C=CCN(Cc2cccc(Oc3ccc(F)cc3)c2)C1. The van der Waals surface area contributed by atoms with Gasteiger partial charge in [-0.15, -0.1) is 0 Å². The quantitative estimate of drug-likeness (QED) is 0.851. The summed E-state index contributed by atoms with van der Waals surface area (Å²) in [6, 6.07) is 13.5. The Bertz CT molecular complexity index is 743. The molecule has 0 radical (unpaired) electrons. The normalized spacial score (nSPS) is 17.6. The number of carbonyl (C=O) groups is 1. The van der Waals surface area contributed by atoms with Crippen molar-refractivity contribution in [1.82, 2.24) is 4.90 Å². The number of nitrogens with zero attached hydrogens (tertiary/aromatic N) is 1. The van der Waals surface area contributed by atoms with E-state index in [9.17, 15) is 9.18 Å². The molecule has 5 heteroatoms. The first kappa shape index (κ1) is 16.2. The zero-order chi connectivity index (χ0) is 16.9. The fraction of sp³-hybridized carbons (Fsp3) is 0.211. The molecule has 1 heterocycles. The molecule has 1 atom stereocenters. The van der Waals surface area contributed by atoms with Crippen LogP contribution in [0.4, 0.5) is 4.39 Å². The Morgan fingerprint density at radius 2 is 2.00 bits per heavy atom. The zero-order valence-electron chi connectivity index (χ0n) is 13.1. The molecule has 1 N–H and O–H groups in total. The van der Waals surface area contributed by atoms with Gasteiger partial charge in [-0.2, -0.15) is 0 Å². The van der Waals surface area contributed by atoms with Crippen molar-refractivity contribution >= 4 is 5.97 Å². The molecule has 24 heavy (non-hydrogen) atoms. The molecule has 1 unspecified atom stereocenters. The van der Waals surface area contributed by atoms with Crippen LogP contribution in [0.15, 0.2) is 60.7 Å². The molecule has 0 saturated carbocycles. The molecule has 0 aliphatic carbocycles. The standard InChI is InChI=1S/C19H18FNO3/c20-16-6-8-17(9-7-16)24-18-5-1-3-14(11-18)12-21-10-2-4-15(13-21)19(22)23/h1-9,11,15H,10,12-13H2,(H,22,23). The summed E-state index contributed by atoms with van der Waals surface area (Å²) in [5, 5.41) is 9.13. The molecule has 1 aliphatic heterocycles. The van der Waals surface area contributed by atoms with Gasteiger partial charge >= 0.3 is 5.97 Å². The maximum Gasteiger partial charge on any atom is 0.311 e. The number of carboxylic acid groups (broad SMARTS) is 1. The second-order valence-electron chi connectivity index (χ2n) is 5.77. The Hall–Kier alpha value is -2.66. The minimum atomic E-state index is -0.802. The van der Waals surface area contributed by atoms with Gasteiger partial charge in [0, 0.05) is 19.6 Å². The Morgan fingerprint density at radius 3 is 2.75 bits per heavy atom. The largest absolute Gasteiger partial charge is 0.481 e. The van der Waals surface area contributed by atoms with Gasteiger partial charge < -0.3 is 9.84 Å². The third-order valence-corrected chi connectivity index (χ3v) is 3.86. The van der Waals surface area contributed by atoms with E-state index in [2.05, 4.69) is 4.90 Å². The van der Waals surface area contributed by atoms with Crippen LogP contribution in [0.3, 0.4) is 0 Å². The molecular weight excluding hydrogens is 309 g/mol. The Kier molecular flexibility index (Phi) is 4.91. The van der Waals surface area contributed by atoms with Crippen molar-refractivity contribution in [3.8, 4) is 11.5 Å². The van der Waals surface area contributed by atoms with E-state index < -0.39 is 11.9 Å². The van der Waals surface area contributed by atoms with Crippen molar-refractivity contribution in [1.29, 1.82) is 0 Å². The van der Waals surface area contributed by atoms with Gasteiger partial charge in [-0.1, -0.05) is 24.3 Å². The Balaban J connectivity index is 1.66. The summed E-state index contributed by atoms with van der Waals surface area (Å²) in [4.78, 5) is 13.2. The number of hydrogen-bond donors (Lipinski definition) is 1. The van der Waals surface area contributed by atoms with Gasteiger partial charge in [0.15, 0.2) is 0 Å². The predicted molar refractivity (Wildman–Crippen MR) is 88.5 cm³/mol. The van der Waals surface area contributed by atoms with Crippen LogP contribution < -0.4 is 4.74 Å². The number of aliphatic carboxylic acids is 1. The Labute approximate surface area is 139 Å². The highest BCUT2D eigenvalue weighted by Crippen LogP contribution is 2.23. The van der Waals surface area contributed by atoms with Crippen LogP contribution in [0.5, 0.6) is 11.5 Å². The second kappa shape index (κ2) is 7.27. The molecule has 0 saturated heterocycles.